The molecule has 1 aromatic heterocycles. The van der Waals surface area contributed by atoms with Gasteiger partial charge >= 0.3 is 0 Å². The molecule has 2 fully saturated rings. The number of aromatic nitrogens is 1. The van der Waals surface area contributed by atoms with Gasteiger partial charge in [0, 0.05) is 62.0 Å². The molecular weight excluding hydrogens is 592 g/mol. The predicted molar refractivity (Wildman–Crippen MR) is 192 cm³/mol. The second kappa shape index (κ2) is 16.7. The van der Waals surface area contributed by atoms with Crippen molar-refractivity contribution in [3.63, 3.8) is 0 Å². The number of pyridine rings is 1. The first-order valence-electron chi connectivity index (χ1n) is 18.1. The van der Waals surface area contributed by atoms with Crippen LogP contribution in [-0.4, -0.2) is 58.7 Å². The minimum absolute atomic E-state index is 0.114. The zero-order valence-electron chi connectivity index (χ0n) is 28.6. The Morgan fingerprint density at radius 3 is 2.02 bits per heavy atom. The minimum atomic E-state index is 0.114. The number of H-pyrrole nitrogens is 1. The third-order valence-corrected chi connectivity index (χ3v) is 10.1. The number of carbonyl (C=O) groups is 2. The van der Waals surface area contributed by atoms with Crippen LogP contribution < -0.4 is 4.98 Å². The van der Waals surface area contributed by atoms with Gasteiger partial charge in [0.25, 0.3) is 11.8 Å². The van der Waals surface area contributed by atoms with E-state index in [4.69, 9.17) is 0 Å². The molecule has 1 N–H and O–H groups in total. The fourth-order valence-electron chi connectivity index (χ4n) is 7.17. The first kappa shape index (κ1) is 33.6. The number of unbranched alkanes of at least 4 members (excludes halogenated alkanes) is 2. The highest BCUT2D eigenvalue weighted by atomic mass is 16.2. The number of carbonyl (C=O) groups excluding carboxylic acids is 2. The van der Waals surface area contributed by atoms with Crippen LogP contribution in [0, 0.1) is 0 Å². The Bertz CT molecular complexity index is 1590. The molecular formula is C42H51N4O2+. The Labute approximate surface area is 286 Å². The number of nitrogens with one attached hydrogen (secondary N) is 1. The third kappa shape index (κ3) is 8.78. The van der Waals surface area contributed by atoms with Crippen molar-refractivity contribution in [2.75, 3.05) is 26.2 Å². The predicted octanol–water partition coefficient (Wildman–Crippen LogP) is 7.83. The average molecular weight is 644 g/mol. The molecule has 0 bridgehead atoms. The topological polar surface area (TPSA) is 58.0 Å². The summed E-state index contributed by atoms with van der Waals surface area (Å²) in [6.07, 6.45) is 12.0. The van der Waals surface area contributed by atoms with E-state index in [9.17, 15) is 9.59 Å². The van der Waals surface area contributed by atoms with Crippen molar-refractivity contribution >= 4 is 11.8 Å². The van der Waals surface area contributed by atoms with Crippen molar-refractivity contribution in [2.24, 2.45) is 0 Å². The summed E-state index contributed by atoms with van der Waals surface area (Å²) in [4.78, 5) is 37.0. The fraction of sp³-hybridized carbons (Fsp3) is 0.405. The number of benzene rings is 3. The molecule has 2 amide bonds. The number of nitrogens with zero attached hydrogens (tertiary/aromatic N) is 3. The van der Waals surface area contributed by atoms with Crippen molar-refractivity contribution in [1.29, 1.82) is 0 Å². The van der Waals surface area contributed by atoms with Crippen LogP contribution in [0.5, 0.6) is 0 Å². The number of aryl methyl sites for hydroxylation is 1. The zero-order chi connectivity index (χ0) is 33.1. The van der Waals surface area contributed by atoms with E-state index in [2.05, 4.69) is 82.4 Å². The summed E-state index contributed by atoms with van der Waals surface area (Å²) < 4.78 is 0. The molecule has 0 spiro atoms. The van der Waals surface area contributed by atoms with Crippen LogP contribution in [0.4, 0.5) is 0 Å². The van der Waals surface area contributed by atoms with E-state index >= 15 is 0 Å². The van der Waals surface area contributed by atoms with Crippen LogP contribution in [0.25, 0.3) is 11.1 Å². The van der Waals surface area contributed by atoms with Gasteiger partial charge in [-0.1, -0.05) is 74.4 Å². The number of rotatable bonds is 12. The van der Waals surface area contributed by atoms with E-state index in [1.54, 1.807) is 0 Å². The van der Waals surface area contributed by atoms with Gasteiger partial charge in [-0.05, 0) is 91.5 Å². The lowest BCUT2D eigenvalue weighted by Gasteiger charge is -2.38. The number of aromatic amines is 1. The summed E-state index contributed by atoms with van der Waals surface area (Å²) in [5.41, 5.74) is 7.37. The lowest BCUT2D eigenvalue weighted by molar-refractivity contribution is -0.393. The summed E-state index contributed by atoms with van der Waals surface area (Å²) in [5, 5.41) is 0. The van der Waals surface area contributed by atoms with Gasteiger partial charge < -0.3 is 9.80 Å². The second-order valence-electron chi connectivity index (χ2n) is 13.6. The van der Waals surface area contributed by atoms with Crippen LogP contribution in [0.15, 0.2) is 97.2 Å². The maximum atomic E-state index is 14.2. The Balaban J connectivity index is 1.14. The summed E-state index contributed by atoms with van der Waals surface area (Å²) >= 11 is 0. The Morgan fingerprint density at radius 2 is 1.38 bits per heavy atom. The SMILES string of the molecule is CCCCCc1ccc(C(=O)N(Cc2ccc(-c3ccc(C(=O)N4CCCCC4)cc3)cc2)C2CCN(Cc3cccc[nH+]3)CC2)cc1. The normalized spacial score (nSPS) is 15.7. The quantitative estimate of drug-likeness (QED) is 0.148. The van der Waals surface area contributed by atoms with E-state index in [-0.39, 0.29) is 17.9 Å². The van der Waals surface area contributed by atoms with Gasteiger partial charge in [0.05, 0.1) is 6.54 Å². The van der Waals surface area contributed by atoms with Gasteiger partial charge in [-0.15, -0.1) is 0 Å². The molecule has 0 saturated carbocycles. The molecule has 2 aliphatic heterocycles. The minimum Gasteiger partial charge on any atom is -0.339 e. The number of hydrogen-bond donors (Lipinski definition) is 0. The molecule has 48 heavy (non-hydrogen) atoms. The first-order chi connectivity index (χ1) is 23.6. The summed E-state index contributed by atoms with van der Waals surface area (Å²) in [7, 11) is 0. The molecule has 6 rings (SSSR count). The van der Waals surface area contributed by atoms with Gasteiger partial charge in [-0.25, -0.2) is 4.98 Å². The highest BCUT2D eigenvalue weighted by Crippen LogP contribution is 2.26. The molecule has 6 heteroatoms. The van der Waals surface area contributed by atoms with E-state index in [1.807, 2.05) is 41.4 Å². The van der Waals surface area contributed by atoms with E-state index < -0.39 is 0 Å². The average Bonchev–Trinajstić information content (AvgIpc) is 3.15. The number of amides is 2. The van der Waals surface area contributed by atoms with Crippen molar-refractivity contribution in [3.05, 3.63) is 125 Å². The van der Waals surface area contributed by atoms with Gasteiger partial charge in [0.1, 0.15) is 0 Å². The molecule has 250 valence electrons. The Hall–Kier alpha value is -4.29. The molecule has 0 radical (unpaired) electrons. The van der Waals surface area contributed by atoms with E-state index in [0.717, 1.165) is 92.6 Å². The van der Waals surface area contributed by atoms with Crippen LogP contribution >= 0.6 is 0 Å². The second-order valence-corrected chi connectivity index (χ2v) is 13.6. The van der Waals surface area contributed by atoms with Crippen molar-refractivity contribution in [1.82, 2.24) is 14.7 Å². The van der Waals surface area contributed by atoms with Gasteiger partial charge in [-0.3, -0.25) is 14.5 Å². The largest absolute Gasteiger partial charge is 0.339 e. The monoisotopic (exact) mass is 643 g/mol. The summed E-state index contributed by atoms with van der Waals surface area (Å²) in [6.45, 7) is 7.35. The van der Waals surface area contributed by atoms with Crippen LogP contribution in [0.3, 0.4) is 0 Å². The van der Waals surface area contributed by atoms with Crippen LogP contribution in [0.1, 0.15) is 95.8 Å². The molecule has 0 aliphatic carbocycles. The molecule has 0 atom stereocenters. The highest BCUT2D eigenvalue weighted by molar-refractivity contribution is 5.95. The van der Waals surface area contributed by atoms with Crippen LogP contribution in [-0.2, 0) is 19.5 Å². The fourth-order valence-corrected chi connectivity index (χ4v) is 7.17. The first-order valence-corrected chi connectivity index (χ1v) is 18.1. The van der Waals surface area contributed by atoms with Crippen molar-refractivity contribution < 1.29 is 14.6 Å². The maximum Gasteiger partial charge on any atom is 0.254 e. The molecule has 3 heterocycles. The van der Waals surface area contributed by atoms with Crippen molar-refractivity contribution in [3.8, 4) is 11.1 Å². The van der Waals surface area contributed by atoms with Gasteiger partial charge in [0.2, 0.25) is 0 Å². The standard InChI is InChI=1S/C42H50N4O2/c1-2-3-5-10-33-12-18-38(19-13-33)42(48)46(40-24-29-44(30-25-40)32-39-11-6-7-26-43-39)31-34-14-16-35(17-15-34)36-20-22-37(23-21-36)41(47)45-27-8-4-9-28-45/h6-7,11-23,26,40H,2-5,8-10,24-25,27-32H2,1H3/p+1. The molecule has 4 aromatic rings. The van der Waals surface area contributed by atoms with E-state index in [0.29, 0.717) is 6.54 Å². The molecule has 2 saturated heterocycles. The lowest BCUT2D eigenvalue weighted by Crippen LogP contribution is -2.47. The zero-order valence-corrected chi connectivity index (χ0v) is 28.6. The van der Waals surface area contributed by atoms with Crippen LogP contribution in [0.2, 0.25) is 0 Å². The molecule has 2 aliphatic rings. The smallest absolute Gasteiger partial charge is 0.254 e. The lowest BCUT2D eigenvalue weighted by atomic mass is 9.98. The Morgan fingerprint density at radius 1 is 0.729 bits per heavy atom. The van der Waals surface area contributed by atoms with Gasteiger partial charge in [0.15, 0.2) is 11.9 Å². The number of piperidine rings is 2. The molecule has 0 unspecified atom stereocenters. The number of hydrogen-bond acceptors (Lipinski definition) is 3. The molecule has 3 aromatic carbocycles. The number of likely N-dealkylation sites (tertiary alicyclic amines) is 2. The maximum absolute atomic E-state index is 14.2. The summed E-state index contributed by atoms with van der Waals surface area (Å²) in [5.74, 6) is 0.250. The summed E-state index contributed by atoms with van der Waals surface area (Å²) in [6, 6.07) is 31.3. The highest BCUT2D eigenvalue weighted by Gasteiger charge is 2.29. The van der Waals surface area contributed by atoms with E-state index in [1.165, 1.54) is 36.9 Å². The third-order valence-electron chi connectivity index (χ3n) is 10.1. The van der Waals surface area contributed by atoms with Gasteiger partial charge in [-0.2, -0.15) is 0 Å². The molecule has 6 nitrogen and oxygen atoms in total. The Kier molecular flexibility index (Phi) is 11.7. The van der Waals surface area contributed by atoms with Crippen molar-refractivity contribution in [2.45, 2.75) is 83.8 Å².